The molecule has 2 aliphatic heterocycles. The molecule has 34 heavy (non-hydrogen) atoms. The molecule has 0 unspecified atom stereocenters. The topological polar surface area (TPSA) is 103 Å². The molecule has 2 amide bonds. The average molecular weight is 462 g/mol. The van der Waals surface area contributed by atoms with Gasteiger partial charge in [-0.1, -0.05) is 42.5 Å². The van der Waals surface area contributed by atoms with Gasteiger partial charge in [-0.3, -0.25) is 9.59 Å². The highest BCUT2D eigenvalue weighted by atomic mass is 16.7. The Morgan fingerprint density at radius 2 is 1.74 bits per heavy atom. The van der Waals surface area contributed by atoms with Crippen molar-refractivity contribution in [2.24, 2.45) is 0 Å². The largest absolute Gasteiger partial charge is 0.492 e. The lowest BCUT2D eigenvalue weighted by atomic mass is 9.77. The summed E-state index contributed by atoms with van der Waals surface area (Å²) in [6, 6.07) is 14.4. The normalized spacial score (nSPS) is 18.5. The minimum absolute atomic E-state index is 0.118. The summed E-state index contributed by atoms with van der Waals surface area (Å²) in [6.45, 7) is 8.06. The molecule has 2 aromatic rings. The van der Waals surface area contributed by atoms with E-state index in [9.17, 15) is 14.4 Å². The Balaban J connectivity index is 1.52. The van der Waals surface area contributed by atoms with Crippen molar-refractivity contribution in [2.45, 2.75) is 45.5 Å². The Morgan fingerprint density at radius 1 is 1.06 bits per heavy atom. The maximum Gasteiger partial charge on any atom is 0.492 e. The smallest absolute Gasteiger partial charge is 0.445 e. The van der Waals surface area contributed by atoms with Crippen LogP contribution < -0.4 is 10.6 Å². The predicted octanol–water partition coefficient (Wildman–Crippen LogP) is 3.76. The zero-order valence-corrected chi connectivity index (χ0v) is 19.6. The van der Waals surface area contributed by atoms with E-state index in [1.165, 1.54) is 0 Å². The minimum Gasteiger partial charge on any atom is -0.445 e. The molecule has 0 aromatic heterocycles. The number of amides is 2. The highest BCUT2D eigenvalue weighted by Gasteiger charge is 2.52. The number of hydrogen-bond donors (Lipinski definition) is 2. The van der Waals surface area contributed by atoms with E-state index in [2.05, 4.69) is 10.6 Å². The number of alkyl carbamates (subject to hydrolysis) is 1. The number of fused-ring (bicyclic) bond motifs is 1. The molecule has 8 nitrogen and oxygen atoms in total. The maximum atomic E-state index is 12.3. The van der Waals surface area contributed by atoms with Gasteiger partial charge in [0.2, 0.25) is 0 Å². The molecule has 4 rings (SSSR count). The van der Waals surface area contributed by atoms with E-state index in [0.29, 0.717) is 16.7 Å². The molecule has 0 saturated carbocycles. The summed E-state index contributed by atoms with van der Waals surface area (Å²) in [7, 11) is -0.705. The van der Waals surface area contributed by atoms with Crippen LogP contribution in [0.25, 0.3) is 6.08 Å². The van der Waals surface area contributed by atoms with Crippen LogP contribution in [0.15, 0.2) is 54.0 Å². The van der Waals surface area contributed by atoms with E-state index in [1.807, 2.05) is 64.1 Å². The summed E-state index contributed by atoms with van der Waals surface area (Å²) in [6.07, 6.45) is 1.24. The Hall–Kier alpha value is -3.43. The van der Waals surface area contributed by atoms with Crippen molar-refractivity contribution in [1.29, 1.82) is 0 Å². The van der Waals surface area contributed by atoms with Crippen LogP contribution in [0, 0.1) is 0 Å². The number of ketones is 1. The van der Waals surface area contributed by atoms with E-state index >= 15 is 0 Å². The third-order valence-corrected chi connectivity index (χ3v) is 6.30. The van der Waals surface area contributed by atoms with Gasteiger partial charge < -0.3 is 24.7 Å². The number of ether oxygens (including phenoxy) is 1. The quantitative estimate of drug-likeness (QED) is 0.501. The van der Waals surface area contributed by atoms with Gasteiger partial charge in [-0.15, -0.1) is 0 Å². The molecular weight excluding hydrogens is 435 g/mol. The monoisotopic (exact) mass is 462 g/mol. The summed E-state index contributed by atoms with van der Waals surface area (Å²) in [5.41, 5.74) is 1.92. The number of benzene rings is 2. The summed E-state index contributed by atoms with van der Waals surface area (Å²) in [5, 5.41) is 5.33. The molecule has 2 aliphatic rings. The number of anilines is 1. The molecule has 0 bridgehead atoms. The first kappa shape index (κ1) is 23.7. The van der Waals surface area contributed by atoms with Gasteiger partial charge in [0.1, 0.15) is 6.61 Å². The Kier molecular flexibility index (Phi) is 6.33. The van der Waals surface area contributed by atoms with E-state index in [0.717, 1.165) is 11.1 Å². The lowest BCUT2D eigenvalue weighted by molar-refractivity contribution is -0.112. The fourth-order valence-electron chi connectivity index (χ4n) is 3.61. The van der Waals surface area contributed by atoms with Gasteiger partial charge in [-0.25, -0.2) is 4.79 Å². The van der Waals surface area contributed by atoms with Gasteiger partial charge >= 0.3 is 13.2 Å². The van der Waals surface area contributed by atoms with Gasteiger partial charge in [0, 0.05) is 6.54 Å². The second-order valence-electron chi connectivity index (χ2n) is 9.31. The summed E-state index contributed by atoms with van der Waals surface area (Å²) in [4.78, 5) is 35.9. The zero-order valence-electron chi connectivity index (χ0n) is 19.6. The fraction of sp³-hybridized carbons (Fsp3) is 0.320. The van der Waals surface area contributed by atoms with Crippen molar-refractivity contribution in [1.82, 2.24) is 5.32 Å². The van der Waals surface area contributed by atoms with Crippen LogP contribution in [0.1, 0.15) is 49.2 Å². The number of hydrogen-bond acceptors (Lipinski definition) is 6. The molecule has 1 saturated heterocycles. The van der Waals surface area contributed by atoms with Gasteiger partial charge in [0.25, 0.3) is 11.7 Å². The van der Waals surface area contributed by atoms with Crippen molar-refractivity contribution >= 4 is 36.7 Å². The summed E-state index contributed by atoms with van der Waals surface area (Å²) < 4.78 is 17.7. The first-order valence-corrected chi connectivity index (χ1v) is 11.1. The lowest BCUT2D eigenvalue weighted by Crippen LogP contribution is -2.41. The van der Waals surface area contributed by atoms with Gasteiger partial charge in [-0.2, -0.15) is 0 Å². The highest BCUT2D eigenvalue weighted by Crippen LogP contribution is 2.39. The van der Waals surface area contributed by atoms with E-state index in [4.69, 9.17) is 14.0 Å². The maximum absolute atomic E-state index is 12.3. The Morgan fingerprint density at radius 3 is 2.41 bits per heavy atom. The molecule has 0 spiro atoms. The molecule has 176 valence electrons. The first-order chi connectivity index (χ1) is 16.1. The van der Waals surface area contributed by atoms with Crippen LogP contribution in [-0.2, 0) is 25.4 Å². The van der Waals surface area contributed by atoms with Crippen LogP contribution in [0.5, 0.6) is 0 Å². The van der Waals surface area contributed by atoms with E-state index < -0.39 is 36.1 Å². The Bertz CT molecular complexity index is 1140. The molecule has 2 heterocycles. The highest BCUT2D eigenvalue weighted by molar-refractivity contribution is 6.56. The summed E-state index contributed by atoms with van der Waals surface area (Å²) in [5.74, 6) is -1.20. The first-order valence-electron chi connectivity index (χ1n) is 11.1. The SMILES string of the molecule is CC1(C)OB(C(=Cc2ccc3c(c2)NC(=O)C3=O)CNC(=O)OCc2ccccc2)OC1(C)C. The molecule has 9 heteroatoms. The average Bonchev–Trinajstić information content (AvgIpc) is 3.19. The van der Waals surface area contributed by atoms with Gasteiger partial charge in [0.15, 0.2) is 0 Å². The molecule has 1 fully saturated rings. The number of rotatable bonds is 6. The van der Waals surface area contributed by atoms with Gasteiger partial charge in [0.05, 0.1) is 22.5 Å². The summed E-state index contributed by atoms with van der Waals surface area (Å²) >= 11 is 0. The van der Waals surface area contributed by atoms with Gasteiger partial charge in [-0.05, 0) is 56.4 Å². The minimum atomic E-state index is -0.705. The zero-order chi connectivity index (χ0) is 24.5. The molecular formula is C25H27BN2O6. The van der Waals surface area contributed by atoms with Crippen molar-refractivity contribution in [3.05, 3.63) is 70.7 Å². The predicted molar refractivity (Wildman–Crippen MR) is 128 cm³/mol. The Labute approximate surface area is 198 Å². The van der Waals surface area contributed by atoms with Crippen molar-refractivity contribution < 1.29 is 28.4 Å². The molecule has 0 aliphatic carbocycles. The van der Waals surface area contributed by atoms with Crippen LogP contribution in [-0.4, -0.2) is 42.6 Å². The van der Waals surface area contributed by atoms with Crippen molar-refractivity contribution in [2.75, 3.05) is 11.9 Å². The number of nitrogens with one attached hydrogen (secondary N) is 2. The second-order valence-corrected chi connectivity index (χ2v) is 9.31. The standard InChI is InChI=1S/C25H27BN2O6/c1-24(2)25(3,4)34-26(33-24)18(14-27-23(31)32-15-16-8-6-5-7-9-16)12-17-10-11-19-20(13-17)28-22(30)21(19)29/h5-13H,14-15H2,1-4H3,(H,27,31)(H,28,29,30). The molecule has 0 radical (unpaired) electrons. The number of carbonyl (C=O) groups excluding carboxylic acids is 3. The van der Waals surface area contributed by atoms with E-state index in [-0.39, 0.29) is 13.2 Å². The molecule has 2 N–H and O–H groups in total. The van der Waals surface area contributed by atoms with Crippen molar-refractivity contribution in [3.8, 4) is 0 Å². The second kappa shape index (κ2) is 9.08. The van der Waals surface area contributed by atoms with Crippen LogP contribution >= 0.6 is 0 Å². The molecule has 2 aromatic carbocycles. The lowest BCUT2D eigenvalue weighted by Gasteiger charge is -2.32. The van der Waals surface area contributed by atoms with Crippen LogP contribution in [0.2, 0.25) is 0 Å². The fourth-order valence-corrected chi connectivity index (χ4v) is 3.61. The van der Waals surface area contributed by atoms with Crippen LogP contribution in [0.4, 0.5) is 10.5 Å². The van der Waals surface area contributed by atoms with Crippen molar-refractivity contribution in [3.63, 3.8) is 0 Å². The number of Topliss-reactive ketones (excluding diaryl/α,β-unsaturated/α-hetero) is 1. The van der Waals surface area contributed by atoms with E-state index in [1.54, 1.807) is 18.2 Å². The third kappa shape index (κ3) is 4.90. The third-order valence-electron chi connectivity index (χ3n) is 6.30. The van der Waals surface area contributed by atoms with Crippen LogP contribution in [0.3, 0.4) is 0 Å². The number of carbonyl (C=O) groups is 3. The molecule has 0 atom stereocenters.